The molecule has 0 radical (unpaired) electrons. The van der Waals surface area contributed by atoms with Gasteiger partial charge in [0.25, 0.3) is 0 Å². The van der Waals surface area contributed by atoms with Crippen LogP contribution < -0.4 is 4.90 Å². The van der Waals surface area contributed by atoms with E-state index in [1.54, 1.807) is 18.5 Å². The molecule has 4 rings (SSSR count). The highest BCUT2D eigenvalue weighted by molar-refractivity contribution is 5.89. The van der Waals surface area contributed by atoms with Gasteiger partial charge in [0.15, 0.2) is 0 Å². The molecule has 146 valence electrons. The van der Waals surface area contributed by atoms with E-state index < -0.39 is 0 Å². The molecule has 0 N–H and O–H groups in total. The Morgan fingerprint density at radius 1 is 1.07 bits per heavy atom. The smallest absolute Gasteiger partial charge is 0.228 e. The molecule has 7 heteroatoms. The topological polar surface area (TPSA) is 69.6 Å². The van der Waals surface area contributed by atoms with Gasteiger partial charge in [0.1, 0.15) is 0 Å². The summed E-state index contributed by atoms with van der Waals surface area (Å²) in [5.41, 5.74) is 2.31. The number of carbonyl (C=O) groups excluding carboxylic acids is 2. The van der Waals surface area contributed by atoms with Gasteiger partial charge in [-0.3, -0.25) is 9.59 Å². The van der Waals surface area contributed by atoms with Gasteiger partial charge < -0.3 is 14.7 Å². The van der Waals surface area contributed by atoms with E-state index in [1.165, 1.54) is 5.56 Å². The average molecular weight is 379 g/mol. The summed E-state index contributed by atoms with van der Waals surface area (Å²) in [5, 5.41) is 0. The first kappa shape index (κ1) is 18.4. The maximum Gasteiger partial charge on any atom is 0.228 e. The van der Waals surface area contributed by atoms with Gasteiger partial charge in [-0.2, -0.15) is 0 Å². The van der Waals surface area contributed by atoms with Crippen LogP contribution in [0, 0.1) is 12.8 Å². The molecule has 0 aliphatic carbocycles. The minimum absolute atomic E-state index is 0.0675. The number of nitrogens with zero attached hydrogens (tertiary/aromatic N) is 5. The number of amides is 2. The van der Waals surface area contributed by atoms with Gasteiger partial charge in [0.2, 0.25) is 17.8 Å². The quantitative estimate of drug-likeness (QED) is 0.805. The van der Waals surface area contributed by atoms with Crippen LogP contribution in [0.1, 0.15) is 17.5 Å². The molecule has 2 aliphatic rings. The third-order valence-electron chi connectivity index (χ3n) is 5.61. The van der Waals surface area contributed by atoms with Crippen LogP contribution in [0.2, 0.25) is 0 Å². The second-order valence-corrected chi connectivity index (χ2v) is 7.46. The number of piperazine rings is 1. The van der Waals surface area contributed by atoms with Crippen LogP contribution in [0.15, 0.2) is 42.7 Å². The van der Waals surface area contributed by atoms with Crippen molar-refractivity contribution in [1.29, 1.82) is 0 Å². The number of carbonyl (C=O) groups is 2. The average Bonchev–Trinajstić information content (AvgIpc) is 3.10. The molecule has 2 aliphatic heterocycles. The molecule has 7 nitrogen and oxygen atoms in total. The Morgan fingerprint density at radius 3 is 2.50 bits per heavy atom. The summed E-state index contributed by atoms with van der Waals surface area (Å²) in [4.78, 5) is 39.8. The summed E-state index contributed by atoms with van der Waals surface area (Å²) >= 11 is 0. The van der Waals surface area contributed by atoms with E-state index in [1.807, 2.05) is 28.0 Å². The van der Waals surface area contributed by atoms with Crippen molar-refractivity contribution in [3.8, 4) is 0 Å². The summed E-state index contributed by atoms with van der Waals surface area (Å²) in [6, 6.07) is 9.87. The fourth-order valence-corrected chi connectivity index (χ4v) is 3.92. The number of aromatic nitrogens is 2. The van der Waals surface area contributed by atoms with Crippen molar-refractivity contribution in [1.82, 2.24) is 19.8 Å². The first-order chi connectivity index (χ1) is 13.6. The molecule has 2 fully saturated rings. The Kier molecular flexibility index (Phi) is 5.23. The zero-order valence-corrected chi connectivity index (χ0v) is 16.1. The summed E-state index contributed by atoms with van der Waals surface area (Å²) in [7, 11) is 0. The van der Waals surface area contributed by atoms with Crippen LogP contribution in [0.5, 0.6) is 0 Å². The van der Waals surface area contributed by atoms with Gasteiger partial charge in [0, 0.05) is 58.1 Å². The summed E-state index contributed by atoms with van der Waals surface area (Å²) < 4.78 is 0. The number of benzene rings is 1. The zero-order valence-electron chi connectivity index (χ0n) is 16.1. The maximum atomic E-state index is 13.0. The van der Waals surface area contributed by atoms with Crippen LogP contribution in [0.3, 0.4) is 0 Å². The Balaban J connectivity index is 1.33. The van der Waals surface area contributed by atoms with Crippen molar-refractivity contribution in [3.05, 3.63) is 53.9 Å². The van der Waals surface area contributed by atoms with Crippen LogP contribution in [0.25, 0.3) is 0 Å². The first-order valence-electron chi connectivity index (χ1n) is 9.75. The Bertz CT molecular complexity index is 849. The minimum atomic E-state index is -0.240. The summed E-state index contributed by atoms with van der Waals surface area (Å²) in [6.45, 7) is 5.84. The molecule has 0 spiro atoms. The van der Waals surface area contributed by atoms with Gasteiger partial charge in [0.05, 0.1) is 5.92 Å². The van der Waals surface area contributed by atoms with Crippen molar-refractivity contribution in [2.75, 3.05) is 37.6 Å². The molecule has 1 aromatic heterocycles. The fourth-order valence-electron chi connectivity index (χ4n) is 3.92. The lowest BCUT2D eigenvalue weighted by Gasteiger charge is -2.35. The van der Waals surface area contributed by atoms with Gasteiger partial charge in [-0.25, -0.2) is 9.97 Å². The molecule has 2 aromatic rings. The molecular formula is C21H25N5O2. The monoisotopic (exact) mass is 379 g/mol. The van der Waals surface area contributed by atoms with Gasteiger partial charge in [-0.1, -0.05) is 24.3 Å². The van der Waals surface area contributed by atoms with E-state index in [-0.39, 0.29) is 17.7 Å². The van der Waals surface area contributed by atoms with E-state index >= 15 is 0 Å². The standard InChI is InChI=1S/C21H25N5O2/c1-16-5-2-3-6-17(16)14-26-15-18(13-19(26)27)20(28)24-9-11-25(12-10-24)21-22-7-4-8-23-21/h2-8,18H,9-15H2,1H3. The van der Waals surface area contributed by atoms with Crippen molar-refractivity contribution in [2.24, 2.45) is 5.92 Å². The normalized spacial score (nSPS) is 20.0. The summed E-state index contributed by atoms with van der Waals surface area (Å²) in [5.74, 6) is 0.623. The van der Waals surface area contributed by atoms with E-state index in [2.05, 4.69) is 27.9 Å². The zero-order chi connectivity index (χ0) is 19.5. The Hall–Kier alpha value is -2.96. The number of aryl methyl sites for hydroxylation is 1. The predicted octanol–water partition coefficient (Wildman–Crippen LogP) is 1.48. The van der Waals surface area contributed by atoms with E-state index in [0.29, 0.717) is 51.6 Å². The molecule has 28 heavy (non-hydrogen) atoms. The maximum absolute atomic E-state index is 13.0. The van der Waals surface area contributed by atoms with Gasteiger partial charge >= 0.3 is 0 Å². The molecule has 1 atom stereocenters. The van der Waals surface area contributed by atoms with Crippen molar-refractivity contribution in [2.45, 2.75) is 19.9 Å². The van der Waals surface area contributed by atoms with Crippen molar-refractivity contribution >= 4 is 17.8 Å². The van der Waals surface area contributed by atoms with Crippen LogP contribution in [0.4, 0.5) is 5.95 Å². The number of rotatable bonds is 4. The van der Waals surface area contributed by atoms with E-state index in [9.17, 15) is 9.59 Å². The number of hydrogen-bond acceptors (Lipinski definition) is 5. The van der Waals surface area contributed by atoms with Crippen LogP contribution in [-0.4, -0.2) is 64.3 Å². The molecule has 2 amide bonds. The number of hydrogen-bond donors (Lipinski definition) is 0. The first-order valence-corrected chi connectivity index (χ1v) is 9.75. The van der Waals surface area contributed by atoms with Crippen LogP contribution in [-0.2, 0) is 16.1 Å². The second-order valence-electron chi connectivity index (χ2n) is 7.46. The third kappa shape index (κ3) is 3.83. The largest absolute Gasteiger partial charge is 0.339 e. The lowest BCUT2D eigenvalue weighted by molar-refractivity contribution is -0.136. The highest BCUT2D eigenvalue weighted by Crippen LogP contribution is 2.24. The fraction of sp³-hybridized carbons (Fsp3) is 0.429. The Morgan fingerprint density at radius 2 is 1.79 bits per heavy atom. The van der Waals surface area contributed by atoms with Gasteiger partial charge in [-0.05, 0) is 24.1 Å². The number of anilines is 1. The lowest BCUT2D eigenvalue weighted by Crippen LogP contribution is -2.51. The predicted molar refractivity (Wildman–Crippen MR) is 106 cm³/mol. The lowest BCUT2D eigenvalue weighted by atomic mass is 10.1. The van der Waals surface area contributed by atoms with Crippen molar-refractivity contribution in [3.63, 3.8) is 0 Å². The SMILES string of the molecule is Cc1ccccc1CN1CC(C(=O)N2CCN(c3ncccn3)CC2)CC1=O. The molecule has 0 saturated carbocycles. The molecule has 3 heterocycles. The van der Waals surface area contributed by atoms with Gasteiger partial charge in [-0.15, -0.1) is 0 Å². The molecular weight excluding hydrogens is 354 g/mol. The summed E-state index contributed by atoms with van der Waals surface area (Å²) in [6.07, 6.45) is 3.77. The van der Waals surface area contributed by atoms with Crippen molar-refractivity contribution < 1.29 is 9.59 Å². The highest BCUT2D eigenvalue weighted by Gasteiger charge is 2.37. The second kappa shape index (κ2) is 7.96. The third-order valence-corrected chi connectivity index (χ3v) is 5.61. The highest BCUT2D eigenvalue weighted by atomic mass is 16.2. The molecule has 1 unspecified atom stereocenters. The molecule has 2 saturated heterocycles. The minimum Gasteiger partial charge on any atom is -0.339 e. The molecule has 0 bridgehead atoms. The van der Waals surface area contributed by atoms with E-state index in [4.69, 9.17) is 0 Å². The van der Waals surface area contributed by atoms with E-state index in [0.717, 1.165) is 5.56 Å². The Labute approximate surface area is 165 Å². The molecule has 1 aromatic carbocycles. The number of likely N-dealkylation sites (tertiary alicyclic amines) is 1. The van der Waals surface area contributed by atoms with Crippen LogP contribution >= 0.6 is 0 Å².